The first kappa shape index (κ1) is 27.3. The lowest BCUT2D eigenvalue weighted by Crippen LogP contribution is -2.37. The molecule has 1 atom stereocenters. The van der Waals surface area contributed by atoms with Crippen molar-refractivity contribution in [2.75, 3.05) is 6.61 Å². The zero-order valence-corrected chi connectivity index (χ0v) is 23.9. The number of fused-ring (bicyclic) bond motifs is 1. The van der Waals surface area contributed by atoms with Gasteiger partial charge < -0.3 is 14.1 Å². The largest absolute Gasteiger partial charge is 0.494 e. The third-order valence-corrected chi connectivity index (χ3v) is 7.08. The number of aromatic nitrogens is 5. The second-order valence-electron chi connectivity index (χ2n) is 11.2. The lowest BCUT2D eigenvalue weighted by Gasteiger charge is -2.32. The minimum absolute atomic E-state index is 0.180. The van der Waals surface area contributed by atoms with E-state index in [4.69, 9.17) is 9.15 Å². The van der Waals surface area contributed by atoms with Crippen molar-refractivity contribution in [2.24, 2.45) is 0 Å². The Hall–Kier alpha value is -4.24. The molecule has 40 heavy (non-hydrogen) atoms. The van der Waals surface area contributed by atoms with E-state index < -0.39 is 11.6 Å². The van der Waals surface area contributed by atoms with E-state index in [1.165, 1.54) is 0 Å². The molecule has 0 saturated carbocycles. The first-order chi connectivity index (χ1) is 19.1. The summed E-state index contributed by atoms with van der Waals surface area (Å²) in [6.07, 6.45) is 1.66. The van der Waals surface area contributed by atoms with E-state index in [2.05, 4.69) is 38.4 Å². The summed E-state index contributed by atoms with van der Waals surface area (Å²) in [5.74, 6) is 2.17. The van der Waals surface area contributed by atoms with E-state index in [-0.39, 0.29) is 5.56 Å². The number of furan rings is 1. The van der Waals surface area contributed by atoms with E-state index in [9.17, 15) is 4.79 Å². The van der Waals surface area contributed by atoms with Crippen molar-refractivity contribution in [3.63, 3.8) is 0 Å². The Balaban J connectivity index is 1.70. The van der Waals surface area contributed by atoms with Gasteiger partial charge in [0.25, 0.3) is 5.56 Å². The molecule has 208 valence electrons. The monoisotopic (exact) mass is 540 g/mol. The van der Waals surface area contributed by atoms with Crippen molar-refractivity contribution in [1.82, 2.24) is 30.1 Å². The number of nitrogens with zero attached hydrogens (tertiary/aromatic N) is 5. The first-order valence-corrected chi connectivity index (χ1v) is 13.5. The maximum absolute atomic E-state index is 13.8. The van der Waals surface area contributed by atoms with E-state index >= 15 is 0 Å². The number of nitrogens with one attached hydrogen (secondary N) is 1. The average molecular weight is 541 g/mol. The number of rotatable bonds is 9. The minimum Gasteiger partial charge on any atom is -0.494 e. The number of hydrogen-bond donors (Lipinski definition) is 1. The summed E-state index contributed by atoms with van der Waals surface area (Å²) < 4.78 is 13.2. The fourth-order valence-electron chi connectivity index (χ4n) is 4.97. The van der Waals surface area contributed by atoms with Crippen molar-refractivity contribution in [3.05, 3.63) is 105 Å². The number of ether oxygens (including phenoxy) is 1. The van der Waals surface area contributed by atoms with Crippen LogP contribution < -0.4 is 10.3 Å². The van der Waals surface area contributed by atoms with Gasteiger partial charge in [-0.15, -0.1) is 5.10 Å². The third kappa shape index (κ3) is 5.70. The van der Waals surface area contributed by atoms with Gasteiger partial charge in [-0.05, 0) is 117 Å². The summed E-state index contributed by atoms with van der Waals surface area (Å²) in [6, 6.07) is 17.3. The van der Waals surface area contributed by atoms with Gasteiger partial charge in [0.15, 0.2) is 5.82 Å². The fourth-order valence-corrected chi connectivity index (χ4v) is 4.97. The molecule has 5 aromatic rings. The molecule has 0 fully saturated rings. The van der Waals surface area contributed by atoms with Crippen LogP contribution in [-0.4, -0.2) is 36.7 Å². The number of hydrogen-bond acceptors (Lipinski definition) is 7. The molecule has 9 nitrogen and oxygen atoms in total. The van der Waals surface area contributed by atoms with Crippen molar-refractivity contribution in [3.8, 4) is 5.75 Å². The Bertz CT molecular complexity index is 1650. The topological polar surface area (TPSA) is 102 Å². The molecule has 0 amide bonds. The molecule has 9 heteroatoms. The molecule has 0 bridgehead atoms. The molecule has 1 N–H and O–H groups in total. The Morgan fingerprint density at radius 1 is 1.05 bits per heavy atom. The van der Waals surface area contributed by atoms with E-state index in [1.807, 2.05) is 83.1 Å². The summed E-state index contributed by atoms with van der Waals surface area (Å²) in [6.45, 7) is 13.8. The molecule has 2 aromatic carbocycles. The predicted molar refractivity (Wildman–Crippen MR) is 154 cm³/mol. The molecule has 3 heterocycles. The predicted octanol–water partition coefficient (Wildman–Crippen LogP) is 5.67. The molecule has 0 aliphatic rings. The van der Waals surface area contributed by atoms with Gasteiger partial charge >= 0.3 is 0 Å². The molecule has 0 aliphatic carbocycles. The van der Waals surface area contributed by atoms with E-state index in [0.29, 0.717) is 31.1 Å². The van der Waals surface area contributed by atoms with Crippen LogP contribution in [0.5, 0.6) is 5.75 Å². The molecular weight excluding hydrogens is 504 g/mol. The number of tetrazole rings is 1. The second kappa shape index (κ2) is 11.1. The Kier molecular flexibility index (Phi) is 7.58. The molecule has 5 rings (SSSR count). The SMILES string of the molecule is CCOc1ccc(CN(Cc2ccco2)C(c2cc3cc(C)c(C)cc3[nH]c2=O)c2nnnn2C(C)(C)C)cc1. The van der Waals surface area contributed by atoms with Gasteiger partial charge in [0, 0.05) is 17.6 Å². The lowest BCUT2D eigenvalue weighted by atomic mass is 9.99. The van der Waals surface area contributed by atoms with Gasteiger partial charge in [0.2, 0.25) is 0 Å². The number of pyridine rings is 1. The van der Waals surface area contributed by atoms with Crippen LogP contribution in [0.25, 0.3) is 10.9 Å². The van der Waals surface area contributed by atoms with Gasteiger partial charge in [-0.3, -0.25) is 9.69 Å². The van der Waals surface area contributed by atoms with E-state index in [1.54, 1.807) is 10.9 Å². The van der Waals surface area contributed by atoms with Crippen LogP contribution in [0.4, 0.5) is 0 Å². The fraction of sp³-hybridized carbons (Fsp3) is 0.355. The zero-order valence-electron chi connectivity index (χ0n) is 23.9. The standard InChI is InChI=1S/C31H36N6O3/c1-7-39-24-12-10-22(11-13-24)18-36(19-25-9-8-14-40-25)28(29-33-34-35-37(29)31(4,5)6)26-17-23-15-20(2)21(3)16-27(23)32-30(26)38/h8-17,28H,7,18-19H2,1-6H3,(H,32,38). The lowest BCUT2D eigenvalue weighted by molar-refractivity contribution is 0.171. The Labute approximate surface area is 233 Å². The van der Waals surface area contributed by atoms with Gasteiger partial charge in [0.1, 0.15) is 17.6 Å². The van der Waals surface area contributed by atoms with Crippen LogP contribution >= 0.6 is 0 Å². The molecule has 1 unspecified atom stereocenters. The summed E-state index contributed by atoms with van der Waals surface area (Å²) in [4.78, 5) is 19.1. The van der Waals surface area contributed by atoms with Crippen molar-refractivity contribution < 1.29 is 9.15 Å². The average Bonchev–Trinajstić information content (AvgIpc) is 3.60. The summed E-state index contributed by atoms with van der Waals surface area (Å²) in [5, 5.41) is 13.9. The van der Waals surface area contributed by atoms with E-state index in [0.717, 1.165) is 39.1 Å². The van der Waals surface area contributed by atoms with Crippen LogP contribution in [0.3, 0.4) is 0 Å². The summed E-state index contributed by atoms with van der Waals surface area (Å²) >= 11 is 0. The van der Waals surface area contributed by atoms with Gasteiger partial charge in [-0.25, -0.2) is 4.68 Å². The minimum atomic E-state index is -0.569. The number of aromatic amines is 1. The highest BCUT2D eigenvalue weighted by molar-refractivity contribution is 5.81. The van der Waals surface area contributed by atoms with Crippen LogP contribution in [-0.2, 0) is 18.6 Å². The molecule has 0 aliphatic heterocycles. The van der Waals surface area contributed by atoms with Crippen molar-refractivity contribution in [2.45, 2.75) is 66.2 Å². The molecule has 0 spiro atoms. The summed E-state index contributed by atoms with van der Waals surface area (Å²) in [5.41, 5.74) is 4.11. The maximum Gasteiger partial charge on any atom is 0.253 e. The quantitative estimate of drug-likeness (QED) is 0.257. The second-order valence-corrected chi connectivity index (χ2v) is 11.2. The number of aryl methyl sites for hydroxylation is 2. The van der Waals surface area contributed by atoms with Gasteiger partial charge in [0.05, 0.1) is 25.0 Å². The normalized spacial score (nSPS) is 12.8. The number of benzene rings is 2. The van der Waals surface area contributed by atoms with Crippen molar-refractivity contribution >= 4 is 10.9 Å². The Morgan fingerprint density at radius 2 is 1.80 bits per heavy atom. The summed E-state index contributed by atoms with van der Waals surface area (Å²) in [7, 11) is 0. The molecular formula is C31H36N6O3. The van der Waals surface area contributed by atoms with Crippen molar-refractivity contribution in [1.29, 1.82) is 0 Å². The maximum atomic E-state index is 13.8. The molecule has 0 radical (unpaired) electrons. The van der Waals surface area contributed by atoms with Gasteiger partial charge in [-0.2, -0.15) is 0 Å². The van der Waals surface area contributed by atoms with Crippen LogP contribution in [0.1, 0.15) is 67.6 Å². The third-order valence-electron chi connectivity index (χ3n) is 7.08. The molecule has 0 saturated heterocycles. The zero-order chi connectivity index (χ0) is 28.4. The highest BCUT2D eigenvalue weighted by Gasteiger charge is 2.34. The van der Waals surface area contributed by atoms with Gasteiger partial charge in [-0.1, -0.05) is 12.1 Å². The van der Waals surface area contributed by atoms with Crippen LogP contribution in [0.15, 0.2) is 70.1 Å². The van der Waals surface area contributed by atoms with Crippen LogP contribution in [0, 0.1) is 13.8 Å². The highest BCUT2D eigenvalue weighted by Crippen LogP contribution is 2.32. The van der Waals surface area contributed by atoms with Crippen LogP contribution in [0.2, 0.25) is 0 Å². The Morgan fingerprint density at radius 3 is 2.48 bits per heavy atom. The molecule has 3 aromatic heterocycles. The smallest absolute Gasteiger partial charge is 0.253 e. The first-order valence-electron chi connectivity index (χ1n) is 13.5. The highest BCUT2D eigenvalue weighted by atomic mass is 16.5. The number of H-pyrrole nitrogens is 1.